The van der Waals surface area contributed by atoms with E-state index in [2.05, 4.69) is 5.32 Å². The molecule has 0 aliphatic carbocycles. The number of carbonyl (C=O) groups excluding carboxylic acids is 1. The van der Waals surface area contributed by atoms with Crippen molar-refractivity contribution in [2.24, 2.45) is 0 Å². The molecular formula is C21H34N2O6S. The summed E-state index contributed by atoms with van der Waals surface area (Å²) in [5, 5.41) is 2.29. The molecule has 1 aromatic carbocycles. The summed E-state index contributed by atoms with van der Waals surface area (Å²) >= 11 is 0. The van der Waals surface area contributed by atoms with Crippen LogP contribution in [-0.4, -0.2) is 56.5 Å². The normalized spacial score (nSPS) is 17.1. The van der Waals surface area contributed by atoms with E-state index in [1.807, 2.05) is 20.8 Å². The third-order valence-electron chi connectivity index (χ3n) is 4.60. The molecule has 1 saturated heterocycles. The number of ether oxygens (including phenoxy) is 2. The molecule has 30 heavy (non-hydrogen) atoms. The van der Waals surface area contributed by atoms with Crippen LogP contribution in [0.15, 0.2) is 18.2 Å². The maximum atomic E-state index is 12.9. The van der Waals surface area contributed by atoms with Crippen molar-refractivity contribution in [1.82, 2.24) is 10.2 Å². The summed E-state index contributed by atoms with van der Waals surface area (Å²) in [5.41, 5.74) is 0.345. The Morgan fingerprint density at radius 1 is 1.30 bits per heavy atom. The average molecular weight is 443 g/mol. The minimum absolute atomic E-state index is 0.00833. The lowest BCUT2D eigenvalue weighted by atomic mass is 10.1. The smallest absolute Gasteiger partial charge is 0.318 e. The summed E-state index contributed by atoms with van der Waals surface area (Å²) < 4.78 is 40.7. The van der Waals surface area contributed by atoms with E-state index in [1.54, 1.807) is 36.9 Å². The Morgan fingerprint density at radius 3 is 2.53 bits per heavy atom. The Labute approximate surface area is 180 Å². The van der Waals surface area contributed by atoms with Gasteiger partial charge in [0, 0.05) is 25.2 Å². The van der Waals surface area contributed by atoms with Crippen molar-refractivity contribution in [3.8, 4) is 11.5 Å². The summed E-state index contributed by atoms with van der Waals surface area (Å²) in [7, 11) is -2.33. The van der Waals surface area contributed by atoms with Gasteiger partial charge in [-0.25, -0.2) is 4.79 Å². The monoisotopic (exact) mass is 442 g/mol. The third-order valence-corrected chi connectivity index (χ3v) is 6.17. The molecule has 2 amide bonds. The molecule has 1 heterocycles. The second-order valence-corrected chi connectivity index (χ2v) is 10.9. The Balaban J connectivity index is 2.26. The molecule has 9 heteroatoms. The zero-order valence-electron chi connectivity index (χ0n) is 18.7. The van der Waals surface area contributed by atoms with Crippen LogP contribution in [0.3, 0.4) is 0 Å². The molecule has 0 unspecified atom stereocenters. The number of methoxy groups -OCH3 is 1. The molecule has 0 radical (unpaired) electrons. The molecule has 1 atom stereocenters. The van der Waals surface area contributed by atoms with E-state index in [0.717, 1.165) is 18.4 Å². The Hall–Kier alpha value is -2.00. The molecule has 2 rings (SSSR count). The number of nitrogens with one attached hydrogen (secondary N) is 1. The van der Waals surface area contributed by atoms with Crippen molar-refractivity contribution >= 4 is 16.1 Å². The first-order valence-electron chi connectivity index (χ1n) is 10.2. The van der Waals surface area contributed by atoms with Gasteiger partial charge in [-0.2, -0.15) is 8.42 Å². The first kappa shape index (κ1) is 24.3. The summed E-state index contributed by atoms with van der Waals surface area (Å²) in [4.78, 5) is 14.6. The fourth-order valence-electron chi connectivity index (χ4n) is 2.98. The fourth-order valence-corrected chi connectivity index (χ4v) is 3.55. The lowest BCUT2D eigenvalue weighted by molar-refractivity contribution is 0.0782. The van der Waals surface area contributed by atoms with Crippen LogP contribution in [0.25, 0.3) is 0 Å². The van der Waals surface area contributed by atoms with E-state index in [4.69, 9.17) is 13.7 Å². The molecule has 1 fully saturated rings. The van der Waals surface area contributed by atoms with Crippen molar-refractivity contribution in [3.63, 3.8) is 0 Å². The Morgan fingerprint density at radius 2 is 2.00 bits per heavy atom. The molecule has 0 saturated carbocycles. The van der Waals surface area contributed by atoms with Crippen LogP contribution in [0.2, 0.25) is 0 Å². The van der Waals surface area contributed by atoms with E-state index in [9.17, 15) is 13.2 Å². The number of carbonyl (C=O) groups is 1. The Kier molecular flexibility index (Phi) is 7.99. The zero-order chi connectivity index (χ0) is 22.5. The molecule has 170 valence electrons. The number of hydrogen-bond donors (Lipinski definition) is 1. The van der Waals surface area contributed by atoms with Gasteiger partial charge in [-0.05, 0) is 65.2 Å². The topological polar surface area (TPSA) is 94.2 Å². The second kappa shape index (κ2) is 9.87. The molecular weight excluding hydrogens is 408 g/mol. The summed E-state index contributed by atoms with van der Waals surface area (Å²) in [5.74, 6) is 0.421. The van der Waals surface area contributed by atoms with Crippen LogP contribution in [0.4, 0.5) is 4.79 Å². The van der Waals surface area contributed by atoms with Crippen LogP contribution in [0, 0.1) is 0 Å². The van der Waals surface area contributed by atoms with Gasteiger partial charge in [0.2, 0.25) is 0 Å². The molecule has 8 nitrogen and oxygen atoms in total. The number of nitrogens with zero attached hydrogens (tertiary/aromatic N) is 1. The fraction of sp³-hybridized carbons (Fsp3) is 0.667. The number of rotatable bonds is 8. The van der Waals surface area contributed by atoms with E-state index in [1.165, 1.54) is 7.11 Å². The molecule has 1 aliphatic heterocycles. The van der Waals surface area contributed by atoms with Crippen molar-refractivity contribution in [3.05, 3.63) is 23.8 Å². The van der Waals surface area contributed by atoms with Crippen molar-refractivity contribution in [2.45, 2.75) is 70.9 Å². The number of urea groups is 1. The van der Waals surface area contributed by atoms with Crippen molar-refractivity contribution in [2.75, 3.05) is 20.3 Å². The van der Waals surface area contributed by atoms with Crippen molar-refractivity contribution in [1.29, 1.82) is 0 Å². The average Bonchev–Trinajstić information content (AvgIpc) is 3.12. The number of benzene rings is 1. The van der Waals surface area contributed by atoms with E-state index in [0.29, 0.717) is 18.9 Å². The van der Waals surface area contributed by atoms with E-state index in [-0.39, 0.29) is 30.0 Å². The van der Waals surface area contributed by atoms with Gasteiger partial charge < -0.3 is 23.9 Å². The molecule has 0 bridgehead atoms. The standard InChI is InChI=1S/C21H34N2O6S/c1-15(2)30(25,26)29-19-12-16(9-10-18(19)27-6)13-23(14-17-8-7-11-28-17)20(24)22-21(3,4)5/h9-10,12,15,17H,7-8,11,13-14H2,1-6H3,(H,22,24)/t17-/m0/s1. The van der Waals surface area contributed by atoms with E-state index < -0.39 is 15.4 Å². The van der Waals surface area contributed by atoms with Crippen molar-refractivity contribution < 1.29 is 26.9 Å². The van der Waals surface area contributed by atoms with Crippen LogP contribution in [0.5, 0.6) is 11.5 Å². The number of hydrogen-bond acceptors (Lipinski definition) is 6. The molecule has 0 aromatic heterocycles. The SMILES string of the molecule is COc1ccc(CN(C[C@@H]2CCCO2)C(=O)NC(C)(C)C)cc1OS(=O)(=O)C(C)C. The highest BCUT2D eigenvalue weighted by Gasteiger charge is 2.26. The lowest BCUT2D eigenvalue weighted by Crippen LogP contribution is -2.50. The highest BCUT2D eigenvalue weighted by molar-refractivity contribution is 7.87. The summed E-state index contributed by atoms with van der Waals surface area (Å²) in [6, 6.07) is 4.84. The van der Waals surface area contributed by atoms with Gasteiger partial charge in [0.05, 0.1) is 18.5 Å². The quantitative estimate of drug-likeness (QED) is 0.621. The lowest BCUT2D eigenvalue weighted by Gasteiger charge is -2.30. The number of amides is 2. The maximum Gasteiger partial charge on any atom is 0.318 e. The van der Waals surface area contributed by atoms with Gasteiger partial charge in [0.1, 0.15) is 0 Å². The molecule has 1 aromatic rings. The van der Waals surface area contributed by atoms with E-state index >= 15 is 0 Å². The highest BCUT2D eigenvalue weighted by atomic mass is 32.2. The minimum Gasteiger partial charge on any atom is -0.493 e. The highest BCUT2D eigenvalue weighted by Crippen LogP contribution is 2.31. The molecule has 1 N–H and O–H groups in total. The predicted octanol–water partition coefficient (Wildman–Crippen LogP) is 3.30. The first-order valence-corrected chi connectivity index (χ1v) is 11.7. The molecule has 1 aliphatic rings. The zero-order valence-corrected chi connectivity index (χ0v) is 19.5. The van der Waals surface area contributed by atoms with Gasteiger partial charge in [-0.1, -0.05) is 6.07 Å². The minimum atomic E-state index is -3.78. The van der Waals surface area contributed by atoms with Gasteiger partial charge in [-0.15, -0.1) is 0 Å². The molecule has 0 spiro atoms. The largest absolute Gasteiger partial charge is 0.493 e. The predicted molar refractivity (Wildman–Crippen MR) is 115 cm³/mol. The summed E-state index contributed by atoms with van der Waals surface area (Å²) in [6.07, 6.45) is 1.88. The van der Waals surface area contributed by atoms with Gasteiger partial charge in [0.15, 0.2) is 11.5 Å². The summed E-state index contributed by atoms with van der Waals surface area (Å²) in [6.45, 7) is 10.3. The van der Waals surface area contributed by atoms with Crippen LogP contribution in [-0.2, 0) is 21.4 Å². The maximum absolute atomic E-state index is 12.9. The van der Waals surface area contributed by atoms with Gasteiger partial charge in [-0.3, -0.25) is 0 Å². The van der Waals surface area contributed by atoms with Crippen LogP contribution in [0.1, 0.15) is 53.0 Å². The van der Waals surface area contributed by atoms with Gasteiger partial charge >= 0.3 is 16.1 Å². The second-order valence-electron chi connectivity index (χ2n) is 8.81. The Bertz CT molecular complexity index is 826. The van der Waals surface area contributed by atoms with Crippen LogP contribution >= 0.6 is 0 Å². The third kappa shape index (κ3) is 7.05. The van der Waals surface area contributed by atoms with Gasteiger partial charge in [0.25, 0.3) is 0 Å². The van der Waals surface area contributed by atoms with Crippen LogP contribution < -0.4 is 14.2 Å². The first-order chi connectivity index (χ1) is 13.9.